The Morgan fingerprint density at radius 1 is 1.35 bits per heavy atom. The minimum Gasteiger partial charge on any atom is -0.336 e. The second-order valence-corrected chi connectivity index (χ2v) is 5.95. The summed E-state index contributed by atoms with van der Waals surface area (Å²) < 4.78 is 0. The fourth-order valence-corrected chi connectivity index (χ4v) is 3.00. The molecule has 5 heteroatoms. The van der Waals surface area contributed by atoms with Gasteiger partial charge in [0.05, 0.1) is 10.6 Å². The van der Waals surface area contributed by atoms with Crippen molar-refractivity contribution in [1.82, 2.24) is 10.2 Å². The molecule has 1 N–H and O–H groups in total. The molecule has 0 aromatic heterocycles. The number of halogens is 2. The Morgan fingerprint density at radius 3 is 2.70 bits per heavy atom. The van der Waals surface area contributed by atoms with Crippen molar-refractivity contribution in [3.05, 3.63) is 33.8 Å². The van der Waals surface area contributed by atoms with Gasteiger partial charge in [0.15, 0.2) is 0 Å². The molecule has 0 bridgehead atoms. The van der Waals surface area contributed by atoms with Crippen LogP contribution in [0.25, 0.3) is 0 Å². The van der Waals surface area contributed by atoms with Gasteiger partial charge in [-0.2, -0.15) is 0 Å². The van der Waals surface area contributed by atoms with Gasteiger partial charge < -0.3 is 10.2 Å². The van der Waals surface area contributed by atoms with Gasteiger partial charge in [-0.25, -0.2) is 0 Å². The second kappa shape index (κ2) is 7.30. The molecule has 1 fully saturated rings. The highest BCUT2D eigenvalue weighted by Gasteiger charge is 2.26. The van der Waals surface area contributed by atoms with Crippen molar-refractivity contribution in [2.45, 2.75) is 32.2 Å². The number of nitrogens with one attached hydrogen (secondary N) is 1. The Kier molecular flexibility index (Phi) is 5.70. The smallest absolute Gasteiger partial charge is 0.255 e. The summed E-state index contributed by atoms with van der Waals surface area (Å²) in [6.07, 6.45) is 2.92. The molecule has 20 heavy (non-hydrogen) atoms. The molecule has 1 heterocycles. The number of rotatable bonds is 4. The average Bonchev–Trinajstić information content (AvgIpc) is 2.47. The maximum Gasteiger partial charge on any atom is 0.255 e. The van der Waals surface area contributed by atoms with Crippen molar-refractivity contribution in [2.75, 3.05) is 19.6 Å². The Morgan fingerprint density at radius 2 is 2.05 bits per heavy atom. The molecule has 0 saturated carbocycles. The molecule has 1 aromatic carbocycles. The van der Waals surface area contributed by atoms with Gasteiger partial charge in [-0.15, -0.1) is 0 Å². The summed E-state index contributed by atoms with van der Waals surface area (Å²) in [4.78, 5) is 14.7. The monoisotopic (exact) mass is 314 g/mol. The molecule has 0 unspecified atom stereocenters. The van der Waals surface area contributed by atoms with E-state index >= 15 is 0 Å². The molecule has 1 aliphatic rings. The SMILES string of the molecule is CCCN(C(=O)c1cc(Cl)ccc1Cl)C1CCNCC1. The van der Waals surface area contributed by atoms with Crippen LogP contribution in [0.3, 0.4) is 0 Å². The molecule has 0 aliphatic carbocycles. The number of nitrogens with zero attached hydrogens (tertiary/aromatic N) is 1. The van der Waals surface area contributed by atoms with Crippen LogP contribution in [0, 0.1) is 0 Å². The molecular formula is C15H20Cl2N2O. The molecule has 1 aromatic rings. The largest absolute Gasteiger partial charge is 0.336 e. The predicted molar refractivity (Wildman–Crippen MR) is 83.7 cm³/mol. The number of hydrogen-bond acceptors (Lipinski definition) is 2. The minimum absolute atomic E-state index is 0.00810. The zero-order valence-corrected chi connectivity index (χ0v) is 13.2. The molecule has 110 valence electrons. The van der Waals surface area contributed by atoms with Crippen molar-refractivity contribution in [1.29, 1.82) is 0 Å². The van der Waals surface area contributed by atoms with Gasteiger partial charge in [0.25, 0.3) is 5.91 Å². The lowest BCUT2D eigenvalue weighted by molar-refractivity contribution is 0.0643. The van der Waals surface area contributed by atoms with Crippen molar-refractivity contribution in [2.24, 2.45) is 0 Å². The predicted octanol–water partition coefficient (Wildman–Crippen LogP) is 3.60. The summed E-state index contributed by atoms with van der Waals surface area (Å²) in [7, 11) is 0. The van der Waals surface area contributed by atoms with E-state index in [1.54, 1.807) is 18.2 Å². The van der Waals surface area contributed by atoms with Crippen LogP contribution in [0.15, 0.2) is 18.2 Å². The normalized spacial score (nSPS) is 16.1. The van der Waals surface area contributed by atoms with Crippen LogP contribution in [0.2, 0.25) is 10.0 Å². The molecule has 0 radical (unpaired) electrons. The fourth-order valence-electron chi connectivity index (χ4n) is 2.63. The van der Waals surface area contributed by atoms with E-state index in [1.807, 2.05) is 4.90 Å². The van der Waals surface area contributed by atoms with Crippen molar-refractivity contribution >= 4 is 29.1 Å². The van der Waals surface area contributed by atoms with Crippen molar-refractivity contribution in [3.63, 3.8) is 0 Å². The Balaban J connectivity index is 2.23. The highest BCUT2D eigenvalue weighted by atomic mass is 35.5. The van der Waals surface area contributed by atoms with Crippen LogP contribution in [-0.4, -0.2) is 36.5 Å². The van der Waals surface area contributed by atoms with Gasteiger partial charge in [0.1, 0.15) is 0 Å². The molecule has 1 aliphatic heterocycles. The Hall–Kier alpha value is -0.770. The van der Waals surface area contributed by atoms with Crippen molar-refractivity contribution in [3.8, 4) is 0 Å². The first-order valence-electron chi connectivity index (χ1n) is 7.10. The van der Waals surface area contributed by atoms with Crippen LogP contribution < -0.4 is 5.32 Å². The van der Waals surface area contributed by atoms with E-state index in [0.717, 1.165) is 38.9 Å². The summed E-state index contributed by atoms with van der Waals surface area (Å²) >= 11 is 12.1. The fraction of sp³-hybridized carbons (Fsp3) is 0.533. The maximum atomic E-state index is 12.8. The van der Waals surface area contributed by atoms with Gasteiger partial charge in [0, 0.05) is 17.6 Å². The topological polar surface area (TPSA) is 32.3 Å². The van der Waals surface area contributed by atoms with Crippen molar-refractivity contribution < 1.29 is 4.79 Å². The Bertz CT molecular complexity index is 473. The van der Waals surface area contributed by atoms with E-state index in [2.05, 4.69) is 12.2 Å². The van der Waals surface area contributed by atoms with Crippen LogP contribution >= 0.6 is 23.2 Å². The quantitative estimate of drug-likeness (QED) is 0.921. The van der Waals surface area contributed by atoms with E-state index in [9.17, 15) is 4.79 Å². The molecular weight excluding hydrogens is 295 g/mol. The van der Waals surface area contributed by atoms with Gasteiger partial charge in [-0.1, -0.05) is 30.1 Å². The lowest BCUT2D eigenvalue weighted by Gasteiger charge is -2.34. The molecule has 0 atom stereocenters. The van der Waals surface area contributed by atoms with E-state index in [1.165, 1.54) is 0 Å². The summed E-state index contributed by atoms with van der Waals surface area (Å²) in [6, 6.07) is 5.34. The van der Waals surface area contributed by atoms with Gasteiger partial charge in [0.2, 0.25) is 0 Å². The number of piperidine rings is 1. The molecule has 1 amide bonds. The van der Waals surface area contributed by atoms with Crippen LogP contribution in [0.5, 0.6) is 0 Å². The zero-order chi connectivity index (χ0) is 14.5. The van der Waals surface area contributed by atoms with E-state index in [4.69, 9.17) is 23.2 Å². The number of hydrogen-bond donors (Lipinski definition) is 1. The third kappa shape index (κ3) is 3.66. The highest BCUT2D eigenvalue weighted by Crippen LogP contribution is 2.24. The average molecular weight is 315 g/mol. The van der Waals surface area contributed by atoms with Crippen LogP contribution in [0.1, 0.15) is 36.5 Å². The van der Waals surface area contributed by atoms with E-state index in [0.29, 0.717) is 21.7 Å². The highest BCUT2D eigenvalue weighted by molar-refractivity contribution is 6.35. The summed E-state index contributed by atoms with van der Waals surface area (Å²) in [5.41, 5.74) is 0.506. The first-order valence-corrected chi connectivity index (χ1v) is 7.85. The number of carbonyl (C=O) groups is 1. The summed E-state index contributed by atoms with van der Waals surface area (Å²) in [6.45, 7) is 4.76. The van der Waals surface area contributed by atoms with E-state index in [-0.39, 0.29) is 5.91 Å². The second-order valence-electron chi connectivity index (χ2n) is 5.10. The minimum atomic E-state index is -0.00810. The number of benzene rings is 1. The van der Waals surface area contributed by atoms with Gasteiger partial charge >= 0.3 is 0 Å². The maximum absolute atomic E-state index is 12.8. The lowest BCUT2D eigenvalue weighted by atomic mass is 10.0. The van der Waals surface area contributed by atoms with E-state index < -0.39 is 0 Å². The number of carbonyl (C=O) groups excluding carboxylic acids is 1. The van der Waals surface area contributed by atoms with Crippen LogP contribution in [-0.2, 0) is 0 Å². The molecule has 3 nitrogen and oxygen atoms in total. The van der Waals surface area contributed by atoms with Gasteiger partial charge in [-0.3, -0.25) is 4.79 Å². The Labute approximate surface area is 130 Å². The third-order valence-electron chi connectivity index (χ3n) is 3.63. The summed E-state index contributed by atoms with van der Waals surface area (Å²) in [5.74, 6) is -0.00810. The first kappa shape index (κ1) is 15.6. The third-order valence-corrected chi connectivity index (χ3v) is 4.20. The number of amides is 1. The molecule has 2 rings (SSSR count). The molecule has 1 saturated heterocycles. The van der Waals surface area contributed by atoms with Gasteiger partial charge in [-0.05, 0) is 50.6 Å². The zero-order valence-electron chi connectivity index (χ0n) is 11.7. The lowest BCUT2D eigenvalue weighted by Crippen LogP contribution is -2.46. The summed E-state index contributed by atoms with van der Waals surface area (Å²) in [5, 5.41) is 4.33. The van der Waals surface area contributed by atoms with Crippen LogP contribution in [0.4, 0.5) is 0 Å². The standard InChI is InChI=1S/C15H20Cl2N2O/c1-2-9-19(12-5-7-18-8-6-12)15(20)13-10-11(16)3-4-14(13)17/h3-4,10,12,18H,2,5-9H2,1H3. The molecule has 0 spiro atoms. The first-order chi connectivity index (χ1) is 9.63.